The van der Waals surface area contributed by atoms with Crippen molar-refractivity contribution < 1.29 is 4.74 Å². The number of hydrogen-bond donors (Lipinski definition) is 1. The lowest BCUT2D eigenvalue weighted by Gasteiger charge is -2.17. The number of likely N-dealkylation sites (tertiary alicyclic amines) is 1. The molecule has 3 aromatic heterocycles. The number of aromatic nitrogens is 5. The van der Waals surface area contributed by atoms with Crippen molar-refractivity contribution in [2.45, 2.75) is 51.1 Å². The van der Waals surface area contributed by atoms with Crippen molar-refractivity contribution >= 4 is 11.0 Å². The van der Waals surface area contributed by atoms with Crippen molar-refractivity contribution in [1.82, 2.24) is 29.6 Å². The Morgan fingerprint density at radius 2 is 2.07 bits per heavy atom. The summed E-state index contributed by atoms with van der Waals surface area (Å²) in [5.41, 5.74) is 1.73. The molecule has 1 aliphatic carbocycles. The average Bonchev–Trinajstić information content (AvgIpc) is 3.48. The first-order valence-electron chi connectivity index (χ1n) is 10.8. The van der Waals surface area contributed by atoms with E-state index in [0.717, 1.165) is 55.3 Å². The highest BCUT2D eigenvalue weighted by Crippen LogP contribution is 2.34. The fourth-order valence-electron chi connectivity index (χ4n) is 5.07. The molecule has 8 nitrogen and oxygen atoms in total. The van der Waals surface area contributed by atoms with Gasteiger partial charge in [-0.15, -0.1) is 0 Å². The molecule has 0 spiro atoms. The van der Waals surface area contributed by atoms with Crippen LogP contribution >= 0.6 is 0 Å². The molecule has 2 aliphatic rings. The van der Waals surface area contributed by atoms with Crippen LogP contribution in [0.25, 0.3) is 11.0 Å². The van der Waals surface area contributed by atoms with Gasteiger partial charge in [-0.3, -0.25) is 14.7 Å². The number of pyridine rings is 1. The quantitative estimate of drug-likeness (QED) is 0.698. The smallest absolute Gasteiger partial charge is 0.262 e. The summed E-state index contributed by atoms with van der Waals surface area (Å²) in [7, 11) is 1.69. The summed E-state index contributed by atoms with van der Waals surface area (Å²) in [6.45, 7) is 4.77. The second-order valence-electron chi connectivity index (χ2n) is 8.68. The molecule has 8 heteroatoms. The predicted molar refractivity (Wildman–Crippen MR) is 114 cm³/mol. The molecule has 0 amide bonds. The highest BCUT2D eigenvalue weighted by Gasteiger charge is 2.33. The van der Waals surface area contributed by atoms with Crippen molar-refractivity contribution in [1.29, 1.82) is 0 Å². The van der Waals surface area contributed by atoms with Crippen LogP contribution in [0.1, 0.15) is 56.0 Å². The zero-order valence-corrected chi connectivity index (χ0v) is 17.5. The molecule has 158 valence electrons. The molecule has 0 unspecified atom stereocenters. The minimum absolute atomic E-state index is 0.0844. The van der Waals surface area contributed by atoms with Gasteiger partial charge in [0.1, 0.15) is 17.0 Å². The monoisotopic (exact) mass is 408 g/mol. The van der Waals surface area contributed by atoms with E-state index in [1.165, 1.54) is 12.8 Å². The number of nitrogens with one attached hydrogen (secondary N) is 1. The van der Waals surface area contributed by atoms with E-state index < -0.39 is 0 Å². The number of H-pyrrole nitrogens is 1. The number of nitrogens with zero attached hydrogens (tertiary/aromatic N) is 5. The SMILES string of the molecule is COc1ccncc1CN1C[C@@H](C)[C@H](c2nc3c(cnn3C3CCCC3)c(=O)[nH]2)C1. The van der Waals surface area contributed by atoms with Crippen LogP contribution in [-0.2, 0) is 6.54 Å². The third kappa shape index (κ3) is 3.39. The Hall–Kier alpha value is -2.74. The number of fused-ring (bicyclic) bond motifs is 1. The van der Waals surface area contributed by atoms with Crippen molar-refractivity contribution in [2.75, 3.05) is 20.2 Å². The van der Waals surface area contributed by atoms with Crippen molar-refractivity contribution in [3.8, 4) is 5.75 Å². The summed E-state index contributed by atoms with van der Waals surface area (Å²) in [6.07, 6.45) is 9.94. The molecule has 3 aromatic rings. The Morgan fingerprint density at radius 1 is 1.23 bits per heavy atom. The van der Waals surface area contributed by atoms with Gasteiger partial charge in [0.2, 0.25) is 0 Å². The molecule has 0 bridgehead atoms. The zero-order valence-electron chi connectivity index (χ0n) is 17.5. The number of methoxy groups -OCH3 is 1. The number of rotatable bonds is 5. The van der Waals surface area contributed by atoms with Gasteiger partial charge < -0.3 is 9.72 Å². The molecule has 2 fully saturated rings. The first-order valence-corrected chi connectivity index (χ1v) is 10.8. The Bertz CT molecular complexity index is 1100. The van der Waals surface area contributed by atoms with E-state index in [0.29, 0.717) is 17.3 Å². The normalized spacial score (nSPS) is 22.9. The van der Waals surface area contributed by atoms with E-state index in [9.17, 15) is 4.79 Å². The third-order valence-electron chi connectivity index (χ3n) is 6.66. The lowest BCUT2D eigenvalue weighted by atomic mass is 9.97. The number of hydrogen-bond acceptors (Lipinski definition) is 6. The molecule has 1 N–H and O–H groups in total. The highest BCUT2D eigenvalue weighted by molar-refractivity contribution is 5.73. The highest BCUT2D eigenvalue weighted by atomic mass is 16.5. The van der Waals surface area contributed by atoms with E-state index >= 15 is 0 Å². The van der Waals surface area contributed by atoms with Crippen molar-refractivity contribution in [3.05, 3.63) is 46.4 Å². The van der Waals surface area contributed by atoms with Gasteiger partial charge in [0.15, 0.2) is 5.65 Å². The van der Waals surface area contributed by atoms with Crippen LogP contribution in [0.15, 0.2) is 29.5 Å². The summed E-state index contributed by atoms with van der Waals surface area (Å²) >= 11 is 0. The largest absolute Gasteiger partial charge is 0.496 e. The lowest BCUT2D eigenvalue weighted by Crippen LogP contribution is -2.22. The number of aromatic amines is 1. The van der Waals surface area contributed by atoms with Crippen molar-refractivity contribution in [3.63, 3.8) is 0 Å². The van der Waals surface area contributed by atoms with Crippen LogP contribution in [0.5, 0.6) is 5.75 Å². The summed E-state index contributed by atoms with van der Waals surface area (Å²) < 4.78 is 7.46. The molecule has 4 heterocycles. The molecule has 1 saturated carbocycles. The molecule has 0 radical (unpaired) electrons. The Balaban J connectivity index is 1.42. The molecule has 1 saturated heterocycles. The maximum absolute atomic E-state index is 12.8. The maximum atomic E-state index is 12.8. The minimum Gasteiger partial charge on any atom is -0.496 e. The van der Waals surface area contributed by atoms with Crippen LogP contribution in [0, 0.1) is 5.92 Å². The molecular formula is C22H28N6O2. The van der Waals surface area contributed by atoms with E-state index in [2.05, 4.69) is 26.9 Å². The molecule has 30 heavy (non-hydrogen) atoms. The van der Waals surface area contributed by atoms with Gasteiger partial charge in [0, 0.05) is 43.5 Å². The Morgan fingerprint density at radius 3 is 2.87 bits per heavy atom. The maximum Gasteiger partial charge on any atom is 0.262 e. The summed E-state index contributed by atoms with van der Waals surface area (Å²) in [4.78, 5) is 27.4. The lowest BCUT2D eigenvalue weighted by molar-refractivity contribution is 0.309. The first kappa shape index (κ1) is 19.2. The third-order valence-corrected chi connectivity index (χ3v) is 6.66. The van der Waals surface area contributed by atoms with Gasteiger partial charge in [-0.1, -0.05) is 19.8 Å². The van der Waals surface area contributed by atoms with Gasteiger partial charge in [-0.2, -0.15) is 5.10 Å². The second kappa shape index (κ2) is 7.83. The van der Waals surface area contributed by atoms with Gasteiger partial charge >= 0.3 is 0 Å². The van der Waals surface area contributed by atoms with Gasteiger partial charge in [0.05, 0.1) is 19.3 Å². The molecular weight excluding hydrogens is 380 g/mol. The van der Waals surface area contributed by atoms with E-state index in [1.807, 2.05) is 16.9 Å². The van der Waals surface area contributed by atoms with Crippen molar-refractivity contribution in [2.24, 2.45) is 5.92 Å². The Kier molecular flexibility index (Phi) is 5.02. The van der Waals surface area contributed by atoms with Gasteiger partial charge in [-0.05, 0) is 24.8 Å². The van der Waals surface area contributed by atoms with Crippen LogP contribution in [0.2, 0.25) is 0 Å². The molecule has 5 rings (SSSR count). The van der Waals surface area contributed by atoms with Crippen LogP contribution in [0.4, 0.5) is 0 Å². The molecule has 0 aromatic carbocycles. The molecule has 1 aliphatic heterocycles. The summed E-state index contributed by atoms with van der Waals surface area (Å²) in [5.74, 6) is 2.20. The van der Waals surface area contributed by atoms with E-state index in [4.69, 9.17) is 9.72 Å². The summed E-state index contributed by atoms with van der Waals surface area (Å²) in [5, 5.41) is 5.11. The Labute approximate surface area is 175 Å². The minimum atomic E-state index is -0.0844. The fraction of sp³-hybridized carbons (Fsp3) is 0.545. The predicted octanol–water partition coefficient (Wildman–Crippen LogP) is 2.87. The van der Waals surface area contributed by atoms with Crippen LogP contribution in [-0.4, -0.2) is 49.8 Å². The van der Waals surface area contributed by atoms with Crippen LogP contribution < -0.4 is 10.3 Å². The standard InChI is InChI=1S/C22H28N6O2/c1-14-11-27(12-15-9-23-8-7-19(15)30-2)13-18(14)20-25-21-17(22(29)26-20)10-24-28(21)16-5-3-4-6-16/h7-10,14,16,18H,3-6,11-13H2,1-2H3,(H,25,26,29)/t14-,18-/m1/s1. The first-order chi connectivity index (χ1) is 14.6. The summed E-state index contributed by atoms with van der Waals surface area (Å²) in [6, 6.07) is 2.25. The van der Waals surface area contributed by atoms with E-state index in [1.54, 1.807) is 19.5 Å². The topological polar surface area (TPSA) is 88.9 Å². The zero-order chi connectivity index (χ0) is 20.7. The second-order valence-corrected chi connectivity index (χ2v) is 8.68. The van der Waals surface area contributed by atoms with Crippen LogP contribution in [0.3, 0.4) is 0 Å². The average molecular weight is 409 g/mol. The van der Waals surface area contributed by atoms with E-state index in [-0.39, 0.29) is 11.5 Å². The fourth-order valence-corrected chi connectivity index (χ4v) is 5.07. The van der Waals surface area contributed by atoms with Gasteiger partial charge in [0.25, 0.3) is 5.56 Å². The van der Waals surface area contributed by atoms with Gasteiger partial charge in [-0.25, -0.2) is 9.67 Å². The molecule has 2 atom stereocenters. The number of ether oxygens (including phenoxy) is 1.